The van der Waals surface area contributed by atoms with Crippen LogP contribution in [-0.2, 0) is 19.1 Å². The van der Waals surface area contributed by atoms with Gasteiger partial charge in [0.1, 0.15) is 23.2 Å². The summed E-state index contributed by atoms with van der Waals surface area (Å²) in [7, 11) is 1.53. The Bertz CT molecular complexity index is 944. The third-order valence-electron chi connectivity index (χ3n) is 4.27. The first-order chi connectivity index (χ1) is 14.4. The molecule has 1 aromatic rings. The number of carbonyl (C=O) groups is 2. The van der Waals surface area contributed by atoms with E-state index in [-0.39, 0.29) is 42.3 Å². The van der Waals surface area contributed by atoms with Gasteiger partial charge in [0.05, 0.1) is 26.0 Å². The molecule has 0 saturated carbocycles. The summed E-state index contributed by atoms with van der Waals surface area (Å²) >= 11 is 1.27. The number of benzene rings is 1. The van der Waals surface area contributed by atoms with Crippen molar-refractivity contribution in [3.8, 4) is 11.8 Å². The summed E-state index contributed by atoms with van der Waals surface area (Å²) in [6.07, 6.45) is 1.87. The summed E-state index contributed by atoms with van der Waals surface area (Å²) in [5, 5.41) is 18.4. The number of nitriles is 1. The van der Waals surface area contributed by atoms with Crippen LogP contribution in [0.1, 0.15) is 20.3 Å². The van der Waals surface area contributed by atoms with Crippen molar-refractivity contribution in [2.75, 3.05) is 31.5 Å². The Balaban J connectivity index is 2.74. The molecule has 1 heterocycles. The van der Waals surface area contributed by atoms with Crippen LogP contribution in [0, 0.1) is 16.7 Å². The van der Waals surface area contributed by atoms with E-state index in [9.17, 15) is 14.9 Å². The molecule has 0 radical (unpaired) electrons. The molecule has 0 unspecified atom stereocenters. The quantitative estimate of drug-likeness (QED) is 0.399. The van der Waals surface area contributed by atoms with Crippen molar-refractivity contribution in [3.05, 3.63) is 46.0 Å². The number of hydrogen-bond acceptors (Lipinski definition) is 8. The van der Waals surface area contributed by atoms with Crippen molar-refractivity contribution < 1.29 is 23.8 Å². The zero-order valence-corrected chi connectivity index (χ0v) is 18.1. The normalized spacial score (nSPS) is 15.4. The van der Waals surface area contributed by atoms with Crippen molar-refractivity contribution >= 4 is 35.2 Å². The Morgan fingerprint density at radius 2 is 1.83 bits per heavy atom. The van der Waals surface area contributed by atoms with Crippen molar-refractivity contribution in [2.45, 2.75) is 20.3 Å². The number of rotatable bonds is 7. The molecule has 1 aliphatic rings. The fraction of sp³-hybridized carbons (Fsp3) is 0.333. The van der Waals surface area contributed by atoms with Crippen molar-refractivity contribution in [1.82, 2.24) is 0 Å². The van der Waals surface area contributed by atoms with Crippen LogP contribution in [0.25, 0.3) is 0 Å². The van der Waals surface area contributed by atoms with Crippen LogP contribution in [0.4, 0.5) is 5.69 Å². The van der Waals surface area contributed by atoms with Gasteiger partial charge in [0.25, 0.3) is 0 Å². The number of methoxy groups -OCH3 is 1. The predicted octanol–water partition coefficient (Wildman–Crippen LogP) is 3.40. The van der Waals surface area contributed by atoms with E-state index in [4.69, 9.17) is 19.6 Å². The molecule has 8 nitrogen and oxygen atoms in total. The van der Waals surface area contributed by atoms with Crippen LogP contribution < -0.4 is 9.64 Å². The van der Waals surface area contributed by atoms with Crippen LogP contribution in [0.5, 0.6) is 5.75 Å². The standard InChI is InChI=1S/C21H23N3O5S/c1-5-28-20(25)15(12-22)16-11-17(30-4)18(21(26)29-6-2)19(23)24(16)13-7-9-14(27-3)10-8-13/h7-10,23H,5-6,11H2,1-4H3/b16-15+,23-19?. The number of allylic oxidation sites excluding steroid dienone is 1. The van der Waals surface area contributed by atoms with E-state index in [1.165, 1.54) is 23.8 Å². The smallest absolute Gasteiger partial charge is 0.350 e. The van der Waals surface area contributed by atoms with Crippen molar-refractivity contribution in [3.63, 3.8) is 0 Å². The van der Waals surface area contributed by atoms with Gasteiger partial charge in [-0.2, -0.15) is 5.26 Å². The van der Waals surface area contributed by atoms with Gasteiger partial charge in [-0.05, 0) is 44.4 Å². The molecular weight excluding hydrogens is 406 g/mol. The molecule has 158 valence electrons. The number of esters is 2. The van der Waals surface area contributed by atoms with Gasteiger partial charge in [-0.25, -0.2) is 9.59 Å². The van der Waals surface area contributed by atoms with Crippen LogP contribution >= 0.6 is 11.8 Å². The highest BCUT2D eigenvalue weighted by atomic mass is 32.2. The van der Waals surface area contributed by atoms with E-state index in [0.717, 1.165) is 0 Å². The molecule has 30 heavy (non-hydrogen) atoms. The maximum Gasteiger partial charge on any atom is 0.350 e. The Labute approximate surface area is 179 Å². The van der Waals surface area contributed by atoms with Gasteiger partial charge in [-0.1, -0.05) is 0 Å². The Hall–Kier alpha value is -3.25. The number of nitrogens with one attached hydrogen (secondary N) is 1. The van der Waals surface area contributed by atoms with Crippen LogP contribution in [0.2, 0.25) is 0 Å². The molecule has 0 aromatic heterocycles. The molecular formula is C21H23N3O5S. The molecule has 2 rings (SSSR count). The highest BCUT2D eigenvalue weighted by Crippen LogP contribution is 2.38. The highest BCUT2D eigenvalue weighted by Gasteiger charge is 2.36. The maximum absolute atomic E-state index is 12.6. The Kier molecular flexibility index (Phi) is 8.07. The first-order valence-electron chi connectivity index (χ1n) is 9.21. The molecule has 1 N–H and O–H groups in total. The number of hydrogen-bond donors (Lipinski definition) is 1. The zero-order chi connectivity index (χ0) is 22.3. The van der Waals surface area contributed by atoms with Gasteiger partial charge in [0, 0.05) is 17.0 Å². The maximum atomic E-state index is 12.6. The largest absolute Gasteiger partial charge is 0.497 e. The second-order valence-electron chi connectivity index (χ2n) is 5.94. The highest BCUT2D eigenvalue weighted by molar-refractivity contribution is 8.02. The first kappa shape index (κ1) is 23.0. The lowest BCUT2D eigenvalue weighted by Crippen LogP contribution is -2.39. The predicted molar refractivity (Wildman–Crippen MR) is 114 cm³/mol. The van der Waals surface area contributed by atoms with Gasteiger partial charge in [-0.3, -0.25) is 10.3 Å². The summed E-state index contributed by atoms with van der Waals surface area (Å²) in [6, 6.07) is 8.65. The summed E-state index contributed by atoms with van der Waals surface area (Å²) in [5.74, 6) is -0.980. The molecule has 0 atom stereocenters. The number of ether oxygens (including phenoxy) is 3. The zero-order valence-electron chi connectivity index (χ0n) is 17.3. The molecule has 0 fully saturated rings. The number of amidine groups is 1. The second kappa shape index (κ2) is 10.5. The molecule has 0 saturated heterocycles. The summed E-state index contributed by atoms with van der Waals surface area (Å²) in [4.78, 5) is 27.0. The monoisotopic (exact) mass is 429 g/mol. The summed E-state index contributed by atoms with van der Waals surface area (Å²) in [6.45, 7) is 3.60. The van der Waals surface area contributed by atoms with Gasteiger partial charge >= 0.3 is 11.9 Å². The molecule has 0 bridgehead atoms. The molecule has 0 spiro atoms. The van der Waals surface area contributed by atoms with Crippen molar-refractivity contribution in [1.29, 1.82) is 10.7 Å². The van der Waals surface area contributed by atoms with E-state index in [1.54, 1.807) is 44.4 Å². The number of nitrogens with zero attached hydrogens (tertiary/aromatic N) is 2. The lowest BCUT2D eigenvalue weighted by atomic mass is 10.00. The van der Waals surface area contributed by atoms with E-state index in [1.807, 2.05) is 6.07 Å². The van der Waals surface area contributed by atoms with E-state index in [0.29, 0.717) is 16.3 Å². The molecule has 0 aliphatic carbocycles. The molecule has 9 heteroatoms. The number of carbonyl (C=O) groups excluding carboxylic acids is 2. The van der Waals surface area contributed by atoms with E-state index >= 15 is 0 Å². The van der Waals surface area contributed by atoms with Crippen LogP contribution in [0.3, 0.4) is 0 Å². The molecule has 1 aromatic carbocycles. The topological polar surface area (TPSA) is 113 Å². The van der Waals surface area contributed by atoms with Crippen LogP contribution in [-0.4, -0.2) is 44.4 Å². The lowest BCUT2D eigenvalue weighted by molar-refractivity contribution is -0.138. The Morgan fingerprint density at radius 3 is 2.33 bits per heavy atom. The Morgan fingerprint density at radius 1 is 1.20 bits per heavy atom. The first-order valence-corrected chi connectivity index (χ1v) is 10.4. The lowest BCUT2D eigenvalue weighted by Gasteiger charge is -2.34. The van der Waals surface area contributed by atoms with E-state index < -0.39 is 11.9 Å². The average Bonchev–Trinajstić information content (AvgIpc) is 2.74. The minimum Gasteiger partial charge on any atom is -0.497 e. The van der Waals surface area contributed by atoms with Gasteiger partial charge in [0.15, 0.2) is 5.57 Å². The fourth-order valence-electron chi connectivity index (χ4n) is 2.93. The van der Waals surface area contributed by atoms with Crippen molar-refractivity contribution in [2.24, 2.45) is 0 Å². The van der Waals surface area contributed by atoms with Gasteiger partial charge in [0.2, 0.25) is 0 Å². The SMILES string of the molecule is CCOC(=O)C1=C(SC)C/C(=C(/C#N)C(=O)OCC)N(c2ccc(OC)cc2)C1=N. The number of thioether (sulfide) groups is 1. The number of anilines is 1. The summed E-state index contributed by atoms with van der Waals surface area (Å²) < 4.78 is 15.4. The summed E-state index contributed by atoms with van der Waals surface area (Å²) in [5.41, 5.74) is 0.648. The minimum atomic E-state index is -0.777. The second-order valence-corrected chi connectivity index (χ2v) is 6.84. The third-order valence-corrected chi connectivity index (χ3v) is 5.11. The van der Waals surface area contributed by atoms with Gasteiger partial charge in [-0.15, -0.1) is 11.8 Å². The van der Waals surface area contributed by atoms with E-state index in [2.05, 4.69) is 0 Å². The fourth-order valence-corrected chi connectivity index (χ4v) is 3.60. The third kappa shape index (κ3) is 4.66. The average molecular weight is 429 g/mol. The van der Waals surface area contributed by atoms with Gasteiger partial charge < -0.3 is 14.2 Å². The van der Waals surface area contributed by atoms with Crippen LogP contribution in [0.15, 0.2) is 46.0 Å². The minimum absolute atomic E-state index is 0.102. The molecule has 0 amide bonds. The molecule has 1 aliphatic heterocycles.